The molecule has 36 heavy (non-hydrogen) atoms. The Morgan fingerprint density at radius 2 is 1.08 bits per heavy atom. The molecule has 4 nitrogen and oxygen atoms in total. The predicted octanol–water partition coefficient (Wildman–Crippen LogP) is 5.75. The van der Waals surface area contributed by atoms with Crippen molar-refractivity contribution in [2.75, 3.05) is 14.2 Å². The maximum atomic E-state index is 11.1. The van der Waals surface area contributed by atoms with Gasteiger partial charge >= 0.3 is 0 Å². The van der Waals surface area contributed by atoms with Gasteiger partial charge in [0, 0.05) is 11.4 Å². The molecule has 4 aliphatic rings. The van der Waals surface area contributed by atoms with E-state index in [1.165, 1.54) is 33.9 Å². The van der Waals surface area contributed by atoms with E-state index in [2.05, 4.69) is 48.5 Å². The number of hydrogen-bond donors (Lipinski definition) is 0. The van der Waals surface area contributed by atoms with Crippen LogP contribution in [0.15, 0.2) is 93.5 Å². The van der Waals surface area contributed by atoms with Crippen molar-refractivity contribution in [1.29, 1.82) is 0 Å². The Balaban J connectivity index is 0.000000172. The summed E-state index contributed by atoms with van der Waals surface area (Å²) in [7, 11) is 3.23. The van der Waals surface area contributed by atoms with Crippen LogP contribution in [0.5, 0.6) is 11.5 Å². The number of hydrogen-bond acceptors (Lipinski definition) is 4. The second kappa shape index (κ2) is 10.6. The minimum Gasteiger partial charge on any atom is -0.550 e. The molecule has 7 rings (SSSR count). The summed E-state index contributed by atoms with van der Waals surface area (Å²) in [4.78, 5) is 15.0. The van der Waals surface area contributed by atoms with Gasteiger partial charge in [-0.3, -0.25) is 0 Å². The van der Waals surface area contributed by atoms with Gasteiger partial charge in [-0.05, 0) is 117 Å². The highest BCUT2D eigenvalue weighted by Crippen LogP contribution is 2.59. The smallest absolute Gasteiger partial charge is 0.166 e. The molecule has 0 atom stereocenters. The zero-order valence-corrected chi connectivity index (χ0v) is 21.8. The maximum Gasteiger partial charge on any atom is 0.166 e. The fourth-order valence-corrected chi connectivity index (χ4v) is 8.81. The summed E-state index contributed by atoms with van der Waals surface area (Å²) in [6.45, 7) is 0. The van der Waals surface area contributed by atoms with E-state index in [4.69, 9.17) is 9.47 Å². The summed E-state index contributed by atoms with van der Waals surface area (Å²) in [5.41, 5.74) is -0.394. The van der Waals surface area contributed by atoms with Crippen molar-refractivity contribution < 1.29 is 19.4 Å². The number of ether oxygens (including phenoxy) is 2. The molecule has 4 bridgehead atoms. The number of carbonyl (C=O) groups excluding carboxylic acids is 1. The average molecular weight is 503 g/mol. The van der Waals surface area contributed by atoms with Gasteiger partial charge in [0.2, 0.25) is 0 Å². The maximum absolute atomic E-state index is 11.1. The minimum absolute atomic E-state index is 0.146. The molecule has 0 spiro atoms. The molecule has 0 N–H and O–H groups in total. The van der Waals surface area contributed by atoms with Gasteiger partial charge < -0.3 is 19.4 Å². The van der Waals surface area contributed by atoms with Crippen molar-refractivity contribution >= 4 is 16.9 Å². The van der Waals surface area contributed by atoms with Gasteiger partial charge in [-0.15, -0.1) is 0 Å². The van der Waals surface area contributed by atoms with Crippen molar-refractivity contribution in [2.45, 2.75) is 53.2 Å². The molecule has 188 valence electrons. The molecule has 4 saturated carbocycles. The molecule has 0 aromatic heterocycles. The molecule has 0 aliphatic heterocycles. The predicted molar refractivity (Wildman–Crippen MR) is 140 cm³/mol. The SMILES string of the molecule is COc1ccc([S+](c2ccccc2)c2ccc(OC)cc2)cc1.O=C([O-])C12CC3CC(CC(C3)C1)C2. The van der Waals surface area contributed by atoms with Crippen molar-refractivity contribution in [1.82, 2.24) is 0 Å². The number of carboxylic acids is 1. The summed E-state index contributed by atoms with van der Waals surface area (Å²) in [5.74, 6) is 3.13. The van der Waals surface area contributed by atoms with Crippen LogP contribution in [0.1, 0.15) is 38.5 Å². The summed E-state index contributed by atoms with van der Waals surface area (Å²) in [5, 5.41) is 11.1. The normalized spacial score (nSPS) is 25.7. The van der Waals surface area contributed by atoms with Gasteiger partial charge in [-0.2, -0.15) is 0 Å². The monoisotopic (exact) mass is 502 g/mol. The number of methoxy groups -OCH3 is 2. The lowest BCUT2D eigenvalue weighted by Crippen LogP contribution is -2.54. The van der Waals surface area contributed by atoms with Crippen LogP contribution < -0.4 is 14.6 Å². The highest BCUT2D eigenvalue weighted by molar-refractivity contribution is 7.97. The first kappa shape index (κ1) is 24.8. The Hall–Kier alpha value is -2.92. The first-order valence-electron chi connectivity index (χ1n) is 12.8. The fraction of sp³-hybridized carbons (Fsp3) is 0.387. The van der Waals surface area contributed by atoms with E-state index in [1.807, 2.05) is 30.3 Å². The van der Waals surface area contributed by atoms with Crippen LogP contribution >= 0.6 is 0 Å². The van der Waals surface area contributed by atoms with Gasteiger partial charge in [0.05, 0.1) is 25.1 Å². The molecule has 5 heteroatoms. The summed E-state index contributed by atoms with van der Waals surface area (Å²) < 4.78 is 10.6. The number of carboxylic acid groups (broad SMARTS) is 1. The van der Waals surface area contributed by atoms with E-state index < -0.39 is 11.4 Å². The van der Waals surface area contributed by atoms with Gasteiger partial charge in [-0.25, -0.2) is 0 Å². The Bertz CT molecular complexity index is 1070. The quantitative estimate of drug-likeness (QED) is 0.403. The Morgan fingerprint density at radius 3 is 1.44 bits per heavy atom. The average Bonchev–Trinajstić information content (AvgIpc) is 2.90. The lowest BCUT2D eigenvalue weighted by Gasteiger charge is -2.57. The standard InChI is InChI=1S/C20H19O2S.C11H16O2/c1-21-16-8-12-19(13-9-16)23(18-6-4-3-5-7-18)20-14-10-17(22-2)11-15-20;12-10(13)11-4-7-1-8(5-11)3-9(2-7)6-11/h3-15H,1-2H3;7-9H,1-6H2,(H,12,13)/q+1;/p-1. The van der Waals surface area contributed by atoms with Crippen LogP contribution in [0.3, 0.4) is 0 Å². The van der Waals surface area contributed by atoms with Crippen molar-refractivity contribution in [3.05, 3.63) is 78.9 Å². The van der Waals surface area contributed by atoms with Crippen LogP contribution in [0.25, 0.3) is 0 Å². The second-order valence-corrected chi connectivity index (χ2v) is 12.5. The van der Waals surface area contributed by atoms with E-state index in [9.17, 15) is 9.90 Å². The lowest BCUT2D eigenvalue weighted by atomic mass is 9.49. The van der Waals surface area contributed by atoms with E-state index in [0.717, 1.165) is 30.8 Å². The molecule has 0 unspecified atom stereocenters. The molecule has 3 aromatic rings. The zero-order chi connectivity index (χ0) is 25.1. The highest BCUT2D eigenvalue weighted by Gasteiger charge is 2.51. The molecule has 4 fully saturated rings. The lowest BCUT2D eigenvalue weighted by molar-refractivity contribution is -0.327. The van der Waals surface area contributed by atoms with Crippen molar-refractivity contribution in [3.8, 4) is 11.5 Å². The first-order valence-corrected chi connectivity index (χ1v) is 14.0. The fourth-order valence-electron chi connectivity index (χ4n) is 6.75. The van der Waals surface area contributed by atoms with Crippen molar-refractivity contribution in [3.63, 3.8) is 0 Å². The molecule has 0 saturated heterocycles. The number of aliphatic carboxylic acids is 1. The number of rotatable bonds is 6. The highest BCUT2D eigenvalue weighted by atomic mass is 32.2. The van der Waals surface area contributed by atoms with Crippen LogP contribution in [0, 0.1) is 23.2 Å². The number of benzene rings is 3. The number of carbonyl (C=O) groups is 1. The molecule has 3 aromatic carbocycles. The van der Waals surface area contributed by atoms with Crippen LogP contribution in [-0.2, 0) is 15.7 Å². The Kier molecular flexibility index (Phi) is 7.29. The molecule has 0 amide bonds. The third kappa shape index (κ3) is 5.12. The molecule has 4 aliphatic carbocycles. The molecular formula is C31H34O4S. The molecular weight excluding hydrogens is 468 g/mol. The van der Waals surface area contributed by atoms with Crippen LogP contribution in [-0.4, -0.2) is 20.2 Å². The Morgan fingerprint density at radius 1 is 0.694 bits per heavy atom. The first-order chi connectivity index (χ1) is 17.5. The molecule has 0 heterocycles. The summed E-state index contributed by atoms with van der Waals surface area (Å²) in [6, 6.07) is 27.2. The van der Waals surface area contributed by atoms with E-state index in [0.29, 0.717) is 17.8 Å². The topological polar surface area (TPSA) is 58.6 Å². The summed E-state index contributed by atoms with van der Waals surface area (Å²) >= 11 is 0. The Labute approximate surface area is 217 Å². The largest absolute Gasteiger partial charge is 0.550 e. The van der Waals surface area contributed by atoms with Crippen LogP contribution in [0.4, 0.5) is 0 Å². The van der Waals surface area contributed by atoms with Gasteiger partial charge in [0.1, 0.15) is 11.5 Å². The molecule has 0 radical (unpaired) electrons. The van der Waals surface area contributed by atoms with E-state index in [-0.39, 0.29) is 10.9 Å². The van der Waals surface area contributed by atoms with Crippen molar-refractivity contribution in [2.24, 2.45) is 23.2 Å². The van der Waals surface area contributed by atoms with E-state index in [1.54, 1.807) is 14.2 Å². The third-order valence-corrected chi connectivity index (χ3v) is 10.3. The van der Waals surface area contributed by atoms with Gasteiger partial charge in [0.15, 0.2) is 14.7 Å². The second-order valence-electron chi connectivity index (χ2n) is 10.5. The summed E-state index contributed by atoms with van der Waals surface area (Å²) in [6.07, 6.45) is 6.65. The minimum atomic E-state index is -0.758. The zero-order valence-electron chi connectivity index (χ0n) is 21.0. The third-order valence-electron chi connectivity index (χ3n) is 8.04. The van der Waals surface area contributed by atoms with Crippen LogP contribution in [0.2, 0.25) is 0 Å². The van der Waals surface area contributed by atoms with E-state index >= 15 is 0 Å². The van der Waals surface area contributed by atoms with Gasteiger partial charge in [0.25, 0.3) is 0 Å². The van der Waals surface area contributed by atoms with Gasteiger partial charge in [-0.1, -0.05) is 18.2 Å².